The third kappa shape index (κ3) is 5.24. The predicted molar refractivity (Wildman–Crippen MR) is 151 cm³/mol. The van der Waals surface area contributed by atoms with Gasteiger partial charge in [0.2, 0.25) is 5.88 Å². The minimum Gasteiger partial charge on any atom is -0.472 e. The van der Waals surface area contributed by atoms with Gasteiger partial charge in [0.05, 0.1) is 35.7 Å². The van der Waals surface area contributed by atoms with Crippen LogP contribution in [0.3, 0.4) is 0 Å². The fourth-order valence-corrected chi connectivity index (χ4v) is 7.84. The van der Waals surface area contributed by atoms with Crippen molar-refractivity contribution in [3.05, 3.63) is 52.9 Å². The summed E-state index contributed by atoms with van der Waals surface area (Å²) in [5.74, 6) is -3.20. The second-order valence-electron chi connectivity index (χ2n) is 10.8. The molecule has 2 aliphatic heterocycles. The molecule has 228 valence electrons. The standard InChI is InChI=1S/C28H26ClF3N4O6S/c1-14-13-43(38,39)8-7-28(14,32)18-9-15(29)11-33-26(18)41-16-10-19(27(37)40-2)36(12-16)25-22-21(34-24(35-25)23(30)31)17-5-3-4-6-20(17)42-22/h3-6,9,11,14,16,19,23H,7-8,10,12-13H2,1-2H3/t14-,16-,19-,28+/m0/s1. The highest BCUT2D eigenvalue weighted by Crippen LogP contribution is 2.46. The van der Waals surface area contributed by atoms with Gasteiger partial charge in [0, 0.05) is 30.3 Å². The fourth-order valence-electron chi connectivity index (χ4n) is 5.89. The maximum atomic E-state index is 16.5. The van der Waals surface area contributed by atoms with Crippen molar-refractivity contribution in [2.24, 2.45) is 5.92 Å². The van der Waals surface area contributed by atoms with E-state index in [4.69, 9.17) is 25.5 Å². The van der Waals surface area contributed by atoms with Crippen LogP contribution in [0.25, 0.3) is 22.1 Å². The number of carbonyl (C=O) groups excluding carboxylic acids is 1. The molecule has 15 heteroatoms. The number of alkyl halides is 3. The van der Waals surface area contributed by atoms with Crippen molar-refractivity contribution in [2.45, 2.75) is 44.0 Å². The summed E-state index contributed by atoms with van der Waals surface area (Å²) in [5, 5.41) is 0.629. The van der Waals surface area contributed by atoms with E-state index in [1.165, 1.54) is 31.2 Å². The first-order chi connectivity index (χ1) is 20.4. The first-order valence-electron chi connectivity index (χ1n) is 13.4. The van der Waals surface area contributed by atoms with Crippen molar-refractivity contribution < 1.29 is 40.3 Å². The van der Waals surface area contributed by atoms with Crippen molar-refractivity contribution in [2.75, 3.05) is 30.1 Å². The Hall–Kier alpha value is -3.65. The second kappa shape index (κ2) is 10.8. The number of methoxy groups -OCH3 is 1. The average molecular weight is 639 g/mol. The molecule has 6 rings (SSSR count). The van der Waals surface area contributed by atoms with Gasteiger partial charge in [-0.2, -0.15) is 0 Å². The van der Waals surface area contributed by atoms with Crippen LogP contribution in [0.15, 0.2) is 40.9 Å². The molecule has 2 aliphatic rings. The van der Waals surface area contributed by atoms with Crippen LogP contribution in [0.5, 0.6) is 5.88 Å². The molecule has 10 nitrogen and oxygen atoms in total. The van der Waals surface area contributed by atoms with Crippen LogP contribution in [0.2, 0.25) is 5.02 Å². The summed E-state index contributed by atoms with van der Waals surface area (Å²) in [7, 11) is -2.22. The summed E-state index contributed by atoms with van der Waals surface area (Å²) in [5.41, 5.74) is -1.45. The van der Waals surface area contributed by atoms with Crippen LogP contribution in [0.4, 0.5) is 19.0 Å². The van der Waals surface area contributed by atoms with Gasteiger partial charge < -0.3 is 18.8 Å². The number of carbonyl (C=O) groups is 1. The fraction of sp³-hybridized carbons (Fsp3) is 0.429. The largest absolute Gasteiger partial charge is 0.472 e. The van der Waals surface area contributed by atoms with Crippen molar-refractivity contribution >= 4 is 55.3 Å². The first-order valence-corrected chi connectivity index (χ1v) is 15.6. The molecule has 0 amide bonds. The third-order valence-corrected chi connectivity index (χ3v) is 10.1. The van der Waals surface area contributed by atoms with Gasteiger partial charge in [-0.3, -0.25) is 0 Å². The van der Waals surface area contributed by atoms with Crippen LogP contribution >= 0.6 is 11.6 Å². The number of fused-ring (bicyclic) bond motifs is 3. The third-order valence-electron chi connectivity index (χ3n) is 8.03. The monoisotopic (exact) mass is 638 g/mol. The second-order valence-corrected chi connectivity index (χ2v) is 13.4. The van der Waals surface area contributed by atoms with Gasteiger partial charge in [-0.25, -0.2) is 41.3 Å². The Labute approximate surface area is 249 Å². The first kappa shape index (κ1) is 29.4. The average Bonchev–Trinajstić information content (AvgIpc) is 3.56. The maximum absolute atomic E-state index is 16.5. The number of anilines is 1. The molecule has 0 spiro atoms. The number of para-hydroxylation sites is 1. The van der Waals surface area contributed by atoms with Gasteiger partial charge in [-0.1, -0.05) is 30.7 Å². The van der Waals surface area contributed by atoms with E-state index in [0.717, 1.165) is 0 Å². The Bertz CT molecular complexity index is 1840. The number of hydrogen-bond donors (Lipinski definition) is 0. The van der Waals surface area contributed by atoms with Crippen LogP contribution in [-0.2, 0) is 25.0 Å². The maximum Gasteiger partial charge on any atom is 0.328 e. The Morgan fingerprint density at radius 3 is 2.74 bits per heavy atom. The van der Waals surface area contributed by atoms with Crippen LogP contribution in [-0.4, -0.2) is 66.6 Å². The van der Waals surface area contributed by atoms with Gasteiger partial charge in [0.15, 0.2) is 27.1 Å². The molecule has 0 aliphatic carbocycles. The van der Waals surface area contributed by atoms with E-state index >= 15 is 4.39 Å². The molecule has 43 heavy (non-hydrogen) atoms. The number of pyridine rings is 1. The number of halogens is 4. The number of nitrogens with zero attached hydrogens (tertiary/aromatic N) is 4. The molecule has 2 fully saturated rings. The van der Waals surface area contributed by atoms with E-state index in [1.54, 1.807) is 24.3 Å². The molecule has 1 aromatic carbocycles. The van der Waals surface area contributed by atoms with Crippen molar-refractivity contribution in [1.29, 1.82) is 0 Å². The zero-order chi connectivity index (χ0) is 30.7. The van der Waals surface area contributed by atoms with E-state index < -0.39 is 51.8 Å². The van der Waals surface area contributed by atoms with E-state index in [2.05, 4.69) is 15.0 Å². The smallest absolute Gasteiger partial charge is 0.328 e. The Balaban J connectivity index is 1.40. The molecule has 5 heterocycles. The lowest BCUT2D eigenvalue weighted by Crippen LogP contribution is -2.41. The summed E-state index contributed by atoms with van der Waals surface area (Å²) in [6, 6.07) is 7.11. The van der Waals surface area contributed by atoms with E-state index in [-0.39, 0.29) is 64.3 Å². The summed E-state index contributed by atoms with van der Waals surface area (Å²) in [6.45, 7) is 1.44. The van der Waals surface area contributed by atoms with Gasteiger partial charge >= 0.3 is 5.97 Å². The number of hydrogen-bond acceptors (Lipinski definition) is 10. The molecule has 2 saturated heterocycles. The van der Waals surface area contributed by atoms with Crippen LogP contribution in [0, 0.1) is 5.92 Å². The van der Waals surface area contributed by atoms with Crippen LogP contribution < -0.4 is 9.64 Å². The SMILES string of the molecule is COC(=O)[C@@H]1C[C@H](Oc2ncc(Cl)cc2[C@@]2(F)CCS(=O)(=O)C[C@@H]2C)CN1c1nc(C(F)F)nc2c1oc1ccccc12. The van der Waals surface area contributed by atoms with Gasteiger partial charge in [0.1, 0.15) is 28.9 Å². The van der Waals surface area contributed by atoms with E-state index in [1.807, 2.05) is 0 Å². The van der Waals surface area contributed by atoms with Crippen LogP contribution in [0.1, 0.15) is 37.6 Å². The highest BCUT2D eigenvalue weighted by molar-refractivity contribution is 7.91. The lowest BCUT2D eigenvalue weighted by atomic mass is 9.83. The van der Waals surface area contributed by atoms with E-state index in [0.29, 0.717) is 11.0 Å². The number of aromatic nitrogens is 3. The molecule has 4 aromatic rings. The molecule has 0 unspecified atom stereocenters. The van der Waals surface area contributed by atoms with E-state index in [9.17, 15) is 22.0 Å². The highest BCUT2D eigenvalue weighted by atomic mass is 35.5. The lowest BCUT2D eigenvalue weighted by Gasteiger charge is -2.36. The molecule has 0 radical (unpaired) electrons. The van der Waals surface area contributed by atoms with Gasteiger partial charge in [-0.15, -0.1) is 0 Å². The topological polar surface area (TPSA) is 125 Å². The van der Waals surface area contributed by atoms with Crippen molar-refractivity contribution in [3.63, 3.8) is 0 Å². The Morgan fingerprint density at radius 2 is 2.02 bits per heavy atom. The molecular weight excluding hydrogens is 613 g/mol. The Morgan fingerprint density at radius 1 is 1.26 bits per heavy atom. The normalized spacial score (nSPS) is 25.5. The van der Waals surface area contributed by atoms with Gasteiger partial charge in [-0.05, 0) is 18.2 Å². The van der Waals surface area contributed by atoms with Crippen molar-refractivity contribution in [1.82, 2.24) is 15.0 Å². The summed E-state index contributed by atoms with van der Waals surface area (Å²) >= 11 is 6.18. The summed E-state index contributed by atoms with van der Waals surface area (Å²) in [6.07, 6.45) is -2.85. The molecule has 4 atom stereocenters. The number of sulfone groups is 1. The lowest BCUT2D eigenvalue weighted by molar-refractivity contribution is -0.142. The predicted octanol–water partition coefficient (Wildman–Crippen LogP) is 5.18. The number of furan rings is 1. The molecule has 3 aromatic heterocycles. The minimum absolute atomic E-state index is 0.00262. The molecule has 0 N–H and O–H groups in total. The zero-order valence-corrected chi connectivity index (χ0v) is 24.5. The van der Waals surface area contributed by atoms with Gasteiger partial charge in [0.25, 0.3) is 6.43 Å². The summed E-state index contributed by atoms with van der Waals surface area (Å²) < 4.78 is 85.9. The Kier molecular flexibility index (Phi) is 7.40. The number of benzene rings is 1. The molecule has 0 bridgehead atoms. The zero-order valence-electron chi connectivity index (χ0n) is 23.0. The number of esters is 1. The van der Waals surface area contributed by atoms with Crippen molar-refractivity contribution in [3.8, 4) is 5.88 Å². The molecule has 0 saturated carbocycles. The number of rotatable bonds is 6. The summed E-state index contributed by atoms with van der Waals surface area (Å²) in [4.78, 5) is 26.7. The highest BCUT2D eigenvalue weighted by Gasteiger charge is 2.48. The quantitative estimate of drug-likeness (QED) is 0.261. The minimum atomic E-state index is -3.42. The number of ether oxygens (including phenoxy) is 2. The molecular formula is C28H26ClF3N4O6S.